The lowest BCUT2D eigenvalue weighted by Gasteiger charge is -2.55. The summed E-state index contributed by atoms with van der Waals surface area (Å²) in [4.78, 5) is 59.1. The van der Waals surface area contributed by atoms with Crippen molar-refractivity contribution in [1.29, 1.82) is 0 Å². The Bertz CT molecular complexity index is 2320. The van der Waals surface area contributed by atoms with E-state index < -0.39 is 18.2 Å². The lowest BCUT2D eigenvalue weighted by atomic mass is 9.97. The minimum absolute atomic E-state index is 0.0737. The van der Waals surface area contributed by atoms with E-state index >= 15 is 0 Å². The number of aromatic nitrogens is 1. The Morgan fingerprint density at radius 2 is 1.64 bits per heavy atom. The lowest BCUT2D eigenvalue weighted by molar-refractivity contribution is -0.189. The second-order valence-corrected chi connectivity index (χ2v) is 15.9. The molecule has 2 saturated heterocycles. The van der Waals surface area contributed by atoms with Crippen molar-refractivity contribution >= 4 is 34.7 Å². The van der Waals surface area contributed by atoms with Crippen molar-refractivity contribution in [3.8, 4) is 16.9 Å². The highest BCUT2D eigenvalue weighted by atomic mass is 16.3. The lowest BCUT2D eigenvalue weighted by Crippen LogP contribution is -2.76. The van der Waals surface area contributed by atoms with Gasteiger partial charge in [-0.3, -0.25) is 19.8 Å². The van der Waals surface area contributed by atoms with E-state index in [9.17, 15) is 24.3 Å². The van der Waals surface area contributed by atoms with Gasteiger partial charge in [0.15, 0.2) is 0 Å². The van der Waals surface area contributed by atoms with E-state index in [-0.39, 0.29) is 68.2 Å². The molecule has 58 heavy (non-hydrogen) atoms. The number of para-hydroxylation sites is 1. The summed E-state index contributed by atoms with van der Waals surface area (Å²) >= 11 is 0. The van der Waals surface area contributed by atoms with Gasteiger partial charge in [0.1, 0.15) is 18.0 Å². The fourth-order valence-electron chi connectivity index (χ4n) is 7.79. The summed E-state index contributed by atoms with van der Waals surface area (Å²) in [5, 5.41) is 17.3. The Morgan fingerprint density at radius 3 is 2.33 bits per heavy atom. The van der Waals surface area contributed by atoms with Gasteiger partial charge in [0.25, 0.3) is 5.91 Å². The Labute approximate surface area is 338 Å². The minimum Gasteiger partial charge on any atom is -0.508 e. The van der Waals surface area contributed by atoms with Crippen molar-refractivity contribution in [3.63, 3.8) is 0 Å². The average molecular weight is 783 g/mol. The number of aryl methyl sites for hydroxylation is 1. The first-order valence-corrected chi connectivity index (χ1v) is 19.4. The molecule has 13 nitrogen and oxygen atoms in total. The third-order valence-electron chi connectivity index (χ3n) is 10.5. The predicted molar refractivity (Wildman–Crippen MR) is 223 cm³/mol. The van der Waals surface area contributed by atoms with Gasteiger partial charge >= 0.3 is 6.03 Å². The molecule has 1 aromatic heterocycles. The largest absolute Gasteiger partial charge is 0.508 e. The van der Waals surface area contributed by atoms with Crippen LogP contribution in [0.2, 0.25) is 0 Å². The number of carbonyl (C=O) groups is 4. The molecule has 3 heterocycles. The predicted octanol–water partition coefficient (Wildman–Crippen LogP) is 5.32. The number of hydrazine groups is 2. The number of rotatable bonds is 11. The monoisotopic (exact) mass is 782 g/mol. The number of aromatic hydroxyl groups is 1. The number of piperazine rings is 1. The average Bonchev–Trinajstić information content (AvgIpc) is 3.55. The van der Waals surface area contributed by atoms with E-state index in [0.29, 0.717) is 5.56 Å². The molecule has 300 valence electrons. The summed E-state index contributed by atoms with van der Waals surface area (Å²) in [6.07, 6.45) is 3.08. The fraction of sp³-hybridized carbons (Fsp3) is 0.289. The van der Waals surface area contributed by atoms with Crippen molar-refractivity contribution in [1.82, 2.24) is 40.6 Å². The number of hydrogen-bond donors (Lipinski definition) is 4. The van der Waals surface area contributed by atoms with Crippen LogP contribution in [0.1, 0.15) is 47.8 Å². The van der Waals surface area contributed by atoms with Gasteiger partial charge in [-0.25, -0.2) is 20.2 Å². The number of hydrogen-bond acceptors (Lipinski definition) is 7. The topological polar surface area (TPSA) is 142 Å². The van der Waals surface area contributed by atoms with Gasteiger partial charge in [-0.05, 0) is 67.3 Å². The molecule has 0 aliphatic carbocycles. The summed E-state index contributed by atoms with van der Waals surface area (Å²) in [6.45, 7) is 10.5. The van der Waals surface area contributed by atoms with Gasteiger partial charge < -0.3 is 24.8 Å². The maximum atomic E-state index is 14.7. The van der Waals surface area contributed by atoms with Crippen molar-refractivity contribution in [2.75, 3.05) is 19.6 Å². The van der Waals surface area contributed by atoms with Crippen LogP contribution < -0.4 is 16.2 Å². The maximum absolute atomic E-state index is 14.7. The molecule has 2 fully saturated rings. The zero-order valence-electron chi connectivity index (χ0n) is 33.3. The second kappa shape index (κ2) is 16.6. The molecule has 2 aliphatic rings. The Hall–Kier alpha value is -6.44. The van der Waals surface area contributed by atoms with Crippen LogP contribution in [-0.4, -0.2) is 90.6 Å². The molecular formula is C45H50N8O5. The Balaban J connectivity index is 1.22. The number of carbonyl (C=O) groups excluding carboxylic acids is 4. The second-order valence-electron chi connectivity index (χ2n) is 15.9. The summed E-state index contributed by atoms with van der Waals surface area (Å²) in [6, 6.07) is 28.3. The SMILES string of the molecule is C=CCN1CC(=O)N2[C@@H](Cc3ccc(O)cc3)C(=O)N(Cc3cccc4c(-c5ccc(C(=O)NNC(C)(C)C)cc5)cn(C)c34)C[C@@H]2N1C(=O)NCc1ccccc1. The van der Waals surface area contributed by atoms with Gasteiger partial charge in [-0.15, -0.1) is 6.58 Å². The van der Waals surface area contributed by atoms with Crippen molar-refractivity contribution in [2.24, 2.45) is 7.05 Å². The van der Waals surface area contributed by atoms with E-state index in [2.05, 4.69) is 22.7 Å². The smallest absolute Gasteiger partial charge is 0.334 e. The molecule has 2 atom stereocenters. The van der Waals surface area contributed by atoms with Crippen LogP contribution in [0.25, 0.3) is 22.0 Å². The van der Waals surface area contributed by atoms with Crippen LogP contribution in [0.3, 0.4) is 0 Å². The standard InChI is InChI=1S/C45H50N8O5/c1-6-23-51-29-40(55)52-38(24-30-15-21-35(54)22-16-30)43(57)50(28-39(52)53(51)44(58)46-25-31-11-8-7-9-12-31)26-34-13-10-14-36-37(27-49(5)41(34)36)32-17-19-33(20-18-32)42(56)47-48-45(2,3)4/h6-22,27,38-39,48,54H,1,23-26,28-29H2,2-5H3,(H,46,58)(H,47,56)/t38-,39-/m0/s1. The van der Waals surface area contributed by atoms with Crippen LogP contribution in [0, 0.1) is 0 Å². The molecule has 4 aromatic carbocycles. The Morgan fingerprint density at radius 1 is 0.914 bits per heavy atom. The van der Waals surface area contributed by atoms with E-state index in [1.165, 1.54) is 0 Å². The van der Waals surface area contributed by atoms with E-state index in [0.717, 1.165) is 38.7 Å². The number of phenols is 1. The van der Waals surface area contributed by atoms with E-state index in [1.807, 2.05) is 99.2 Å². The minimum atomic E-state index is -0.913. The van der Waals surface area contributed by atoms with Gasteiger partial charge in [0, 0.05) is 61.4 Å². The molecule has 0 radical (unpaired) electrons. The van der Waals surface area contributed by atoms with E-state index in [4.69, 9.17) is 0 Å². The first-order valence-electron chi connectivity index (χ1n) is 19.4. The van der Waals surface area contributed by atoms with Crippen LogP contribution in [0.15, 0.2) is 116 Å². The molecule has 4 N–H and O–H groups in total. The van der Waals surface area contributed by atoms with Gasteiger partial charge in [0.2, 0.25) is 11.8 Å². The van der Waals surface area contributed by atoms with Crippen LogP contribution >= 0.6 is 0 Å². The summed E-state index contributed by atoms with van der Waals surface area (Å²) < 4.78 is 2.04. The normalized spacial score (nSPS) is 17.3. The van der Waals surface area contributed by atoms with Crippen molar-refractivity contribution in [3.05, 3.63) is 138 Å². The number of urea groups is 1. The summed E-state index contributed by atoms with van der Waals surface area (Å²) in [7, 11) is 1.97. The van der Waals surface area contributed by atoms with Gasteiger partial charge in [0.05, 0.1) is 18.6 Å². The quantitative estimate of drug-likeness (QED) is 0.105. The number of amides is 5. The fourth-order valence-corrected chi connectivity index (χ4v) is 7.79. The number of phenolic OH excluding ortho intramolecular Hbond substituents is 1. The number of nitrogens with one attached hydrogen (secondary N) is 3. The molecule has 2 aliphatic heterocycles. The summed E-state index contributed by atoms with van der Waals surface area (Å²) in [5.41, 5.74) is 11.4. The highest BCUT2D eigenvalue weighted by Crippen LogP contribution is 2.35. The van der Waals surface area contributed by atoms with Crippen LogP contribution in [-0.2, 0) is 36.1 Å². The molecule has 0 bridgehead atoms. The molecule has 0 unspecified atom stereocenters. The number of benzene rings is 4. The third kappa shape index (κ3) is 8.46. The zero-order valence-corrected chi connectivity index (χ0v) is 33.3. The maximum Gasteiger partial charge on any atom is 0.334 e. The molecule has 5 aromatic rings. The zero-order chi connectivity index (χ0) is 41.1. The third-order valence-corrected chi connectivity index (χ3v) is 10.5. The molecule has 0 saturated carbocycles. The number of nitrogens with zero attached hydrogens (tertiary/aromatic N) is 5. The highest BCUT2D eigenvalue weighted by molar-refractivity contribution is 5.99. The number of fused-ring (bicyclic) bond motifs is 2. The van der Waals surface area contributed by atoms with Gasteiger partial charge in [-0.1, -0.05) is 78.9 Å². The highest BCUT2D eigenvalue weighted by Gasteiger charge is 2.51. The molecule has 5 amide bonds. The van der Waals surface area contributed by atoms with Crippen LogP contribution in [0.5, 0.6) is 5.75 Å². The molecule has 7 rings (SSSR count). The van der Waals surface area contributed by atoms with Crippen molar-refractivity contribution in [2.45, 2.75) is 58.0 Å². The summed E-state index contributed by atoms with van der Waals surface area (Å²) in [5.74, 6) is -0.632. The molecule has 13 heteroatoms. The molecule has 0 spiro atoms. The first kappa shape index (κ1) is 39.8. The molecular weight excluding hydrogens is 733 g/mol. The van der Waals surface area contributed by atoms with E-state index in [1.54, 1.807) is 62.3 Å². The van der Waals surface area contributed by atoms with Crippen molar-refractivity contribution < 1.29 is 24.3 Å². The Kier molecular flexibility index (Phi) is 11.4. The van der Waals surface area contributed by atoms with Gasteiger partial charge in [-0.2, -0.15) is 0 Å². The van der Waals surface area contributed by atoms with Crippen LogP contribution in [0.4, 0.5) is 4.79 Å². The first-order chi connectivity index (χ1) is 27.8.